The summed E-state index contributed by atoms with van der Waals surface area (Å²) in [6, 6.07) is 6.73. The Bertz CT molecular complexity index is 1210. The molecule has 0 aliphatic carbocycles. The molecule has 1 N–H and O–H groups in total. The number of nitrogens with zero attached hydrogens (tertiary/aromatic N) is 5. The number of amides is 1. The van der Waals surface area contributed by atoms with Crippen LogP contribution in [0.5, 0.6) is 0 Å². The maximum atomic E-state index is 13.9. The first-order valence-electron chi connectivity index (χ1n) is 9.09. The monoisotopic (exact) mass is 414 g/mol. The largest absolute Gasteiger partial charge is 0.438 e. The highest BCUT2D eigenvalue weighted by atomic mass is 35.5. The van der Waals surface area contributed by atoms with Crippen molar-refractivity contribution < 1.29 is 13.6 Å². The maximum absolute atomic E-state index is 13.9. The highest BCUT2D eigenvalue weighted by Crippen LogP contribution is 2.35. The Kier molecular flexibility index (Phi) is 4.13. The molecule has 10 heteroatoms. The molecular formula is C19H16ClFN6O2. The molecule has 2 atom stereocenters. The number of aromatic amines is 1. The lowest BCUT2D eigenvalue weighted by Gasteiger charge is -2.33. The Morgan fingerprint density at radius 1 is 1.41 bits per heavy atom. The molecule has 0 aromatic carbocycles. The Hall–Kier alpha value is -3.20. The first-order chi connectivity index (χ1) is 14.0. The highest BCUT2D eigenvalue weighted by molar-refractivity contribution is 6.29. The molecule has 4 aromatic rings. The molecule has 1 aliphatic rings. The van der Waals surface area contributed by atoms with Crippen molar-refractivity contribution in [2.24, 2.45) is 0 Å². The van der Waals surface area contributed by atoms with E-state index in [0.717, 1.165) is 17.6 Å². The van der Waals surface area contributed by atoms with Crippen LogP contribution in [0.2, 0.25) is 5.15 Å². The molecule has 29 heavy (non-hydrogen) atoms. The van der Waals surface area contributed by atoms with Gasteiger partial charge in [-0.2, -0.15) is 5.10 Å². The Morgan fingerprint density at radius 2 is 2.28 bits per heavy atom. The topological polar surface area (TPSA) is 92.3 Å². The van der Waals surface area contributed by atoms with Gasteiger partial charge in [-0.05, 0) is 25.1 Å². The normalized spacial score (nSPS) is 17.5. The molecule has 5 rings (SSSR count). The van der Waals surface area contributed by atoms with Crippen LogP contribution in [0.15, 0.2) is 41.4 Å². The number of pyridine rings is 1. The number of fused-ring (bicyclic) bond motifs is 2. The molecule has 148 valence electrons. The Morgan fingerprint density at radius 3 is 3.07 bits per heavy atom. The van der Waals surface area contributed by atoms with Crippen molar-refractivity contribution in [1.29, 1.82) is 0 Å². The predicted molar refractivity (Wildman–Crippen MR) is 101 cm³/mol. The number of aromatic nitrogens is 5. The van der Waals surface area contributed by atoms with Gasteiger partial charge in [-0.3, -0.25) is 4.79 Å². The zero-order chi connectivity index (χ0) is 20.1. The fourth-order valence-electron chi connectivity index (χ4n) is 3.76. The average molecular weight is 415 g/mol. The molecule has 0 spiro atoms. The molecule has 0 bridgehead atoms. The van der Waals surface area contributed by atoms with E-state index in [4.69, 9.17) is 16.0 Å². The number of alkyl halides is 1. The van der Waals surface area contributed by atoms with Gasteiger partial charge in [0.2, 0.25) is 5.76 Å². The number of hydrogen-bond acceptors (Lipinski definition) is 5. The van der Waals surface area contributed by atoms with Gasteiger partial charge in [-0.15, -0.1) is 0 Å². The second-order valence-electron chi connectivity index (χ2n) is 6.85. The summed E-state index contributed by atoms with van der Waals surface area (Å²) in [7, 11) is 0. The van der Waals surface area contributed by atoms with Gasteiger partial charge in [-0.25, -0.2) is 18.9 Å². The first kappa shape index (κ1) is 17.9. The fourth-order valence-corrected chi connectivity index (χ4v) is 3.97. The van der Waals surface area contributed by atoms with E-state index in [1.54, 1.807) is 21.8 Å². The third-order valence-corrected chi connectivity index (χ3v) is 5.38. The molecule has 0 fully saturated rings. The first-order valence-corrected chi connectivity index (χ1v) is 9.47. The fraction of sp³-hybridized carbons (Fsp3) is 0.263. The van der Waals surface area contributed by atoms with E-state index < -0.39 is 18.1 Å². The van der Waals surface area contributed by atoms with Gasteiger partial charge in [0.15, 0.2) is 6.39 Å². The summed E-state index contributed by atoms with van der Waals surface area (Å²) in [5.74, 6) is -0.561. The second-order valence-corrected chi connectivity index (χ2v) is 7.24. The summed E-state index contributed by atoms with van der Waals surface area (Å²) >= 11 is 6.26. The third-order valence-electron chi connectivity index (χ3n) is 5.09. The molecule has 4 aromatic heterocycles. The summed E-state index contributed by atoms with van der Waals surface area (Å²) < 4.78 is 20.8. The van der Waals surface area contributed by atoms with Crippen LogP contribution in [-0.2, 0) is 6.42 Å². The number of carbonyl (C=O) groups excluding carboxylic acids is 1. The molecule has 1 amide bonds. The van der Waals surface area contributed by atoms with Crippen LogP contribution < -0.4 is 0 Å². The molecule has 0 radical (unpaired) electrons. The lowest BCUT2D eigenvalue weighted by Crippen LogP contribution is -2.41. The standard InChI is InChI=1S/C19H16ClFN6O2/c1-10(21)15-18(29-9-24-15)19(28)26-6-5-12-16(23-8-22-12)17(26)13-7-11-3-2-4-14(20)27(11)25-13/h2-4,7-10,17H,5-6H2,1H3,(H,22,23)/t10?,17-/m1/s1. The van der Waals surface area contributed by atoms with E-state index >= 15 is 0 Å². The van der Waals surface area contributed by atoms with E-state index in [0.29, 0.717) is 29.5 Å². The number of oxazole rings is 1. The van der Waals surface area contributed by atoms with Crippen LogP contribution in [0.25, 0.3) is 5.52 Å². The van der Waals surface area contributed by atoms with Gasteiger partial charge < -0.3 is 14.3 Å². The number of carbonyl (C=O) groups is 1. The van der Waals surface area contributed by atoms with Crippen molar-refractivity contribution in [3.05, 3.63) is 70.7 Å². The van der Waals surface area contributed by atoms with Crippen molar-refractivity contribution in [1.82, 2.24) is 29.5 Å². The van der Waals surface area contributed by atoms with Gasteiger partial charge in [0.05, 0.1) is 23.2 Å². The summed E-state index contributed by atoms with van der Waals surface area (Å²) in [4.78, 5) is 26.3. The predicted octanol–water partition coefficient (Wildman–Crippen LogP) is 3.52. The minimum atomic E-state index is -1.43. The van der Waals surface area contributed by atoms with Crippen LogP contribution in [0.4, 0.5) is 4.39 Å². The van der Waals surface area contributed by atoms with Crippen molar-refractivity contribution >= 4 is 23.0 Å². The van der Waals surface area contributed by atoms with E-state index in [1.807, 2.05) is 18.2 Å². The van der Waals surface area contributed by atoms with E-state index in [9.17, 15) is 9.18 Å². The Balaban J connectivity index is 1.63. The third kappa shape index (κ3) is 2.80. The van der Waals surface area contributed by atoms with Crippen molar-refractivity contribution in [3.8, 4) is 0 Å². The minimum Gasteiger partial charge on any atom is -0.438 e. The van der Waals surface area contributed by atoms with Crippen LogP contribution in [0.1, 0.15) is 52.5 Å². The molecule has 5 heterocycles. The second kappa shape index (κ2) is 6.70. The van der Waals surface area contributed by atoms with Gasteiger partial charge in [0.1, 0.15) is 23.1 Å². The van der Waals surface area contributed by atoms with E-state index in [2.05, 4.69) is 20.1 Å². The smallest absolute Gasteiger partial charge is 0.292 e. The molecule has 0 saturated heterocycles. The van der Waals surface area contributed by atoms with Crippen LogP contribution in [-0.4, -0.2) is 41.9 Å². The number of halogens is 2. The molecule has 1 aliphatic heterocycles. The van der Waals surface area contributed by atoms with Gasteiger partial charge in [0, 0.05) is 18.7 Å². The van der Waals surface area contributed by atoms with Crippen molar-refractivity contribution in [3.63, 3.8) is 0 Å². The van der Waals surface area contributed by atoms with Gasteiger partial charge in [0.25, 0.3) is 5.91 Å². The number of rotatable bonds is 3. The lowest BCUT2D eigenvalue weighted by atomic mass is 9.99. The summed E-state index contributed by atoms with van der Waals surface area (Å²) in [6.45, 7) is 1.71. The lowest BCUT2D eigenvalue weighted by molar-refractivity contribution is 0.0650. The van der Waals surface area contributed by atoms with E-state index in [1.165, 1.54) is 6.92 Å². The van der Waals surface area contributed by atoms with Crippen molar-refractivity contribution in [2.75, 3.05) is 6.54 Å². The summed E-state index contributed by atoms with van der Waals surface area (Å²) in [5.41, 5.74) is 3.01. The number of nitrogens with one attached hydrogen (secondary N) is 1. The molecule has 1 unspecified atom stereocenters. The van der Waals surface area contributed by atoms with Crippen LogP contribution in [0.3, 0.4) is 0 Å². The average Bonchev–Trinajstić information content (AvgIpc) is 3.44. The van der Waals surface area contributed by atoms with Crippen LogP contribution in [0, 0.1) is 0 Å². The number of imidazole rings is 1. The Labute approximate surface area is 169 Å². The zero-order valence-electron chi connectivity index (χ0n) is 15.3. The van der Waals surface area contributed by atoms with Gasteiger partial charge in [-0.1, -0.05) is 17.7 Å². The number of hydrogen-bond donors (Lipinski definition) is 1. The summed E-state index contributed by atoms with van der Waals surface area (Å²) in [5, 5.41) is 5.05. The molecule has 8 nitrogen and oxygen atoms in total. The minimum absolute atomic E-state index is 0.0142. The van der Waals surface area contributed by atoms with Crippen LogP contribution >= 0.6 is 11.6 Å². The summed E-state index contributed by atoms with van der Waals surface area (Å²) in [6.07, 6.45) is 1.84. The maximum Gasteiger partial charge on any atom is 0.292 e. The quantitative estimate of drug-likeness (QED) is 0.518. The van der Waals surface area contributed by atoms with Crippen molar-refractivity contribution in [2.45, 2.75) is 25.6 Å². The highest BCUT2D eigenvalue weighted by Gasteiger charge is 2.38. The number of H-pyrrole nitrogens is 1. The van der Waals surface area contributed by atoms with E-state index in [-0.39, 0.29) is 11.5 Å². The molecule has 0 saturated carbocycles. The molecular weight excluding hydrogens is 399 g/mol. The SMILES string of the molecule is CC(F)c1ncoc1C(=O)N1CCc2[nH]cnc2[C@H]1c1cc2cccc(Cl)n2n1. The van der Waals surface area contributed by atoms with Gasteiger partial charge >= 0.3 is 0 Å². The zero-order valence-corrected chi connectivity index (χ0v) is 16.1.